The van der Waals surface area contributed by atoms with Crippen LogP contribution in [0.4, 0.5) is 0 Å². The molecule has 0 bridgehead atoms. The van der Waals surface area contributed by atoms with E-state index in [1.54, 1.807) is 26.2 Å². The Labute approximate surface area is 94.6 Å². The molecule has 0 radical (unpaired) electrons. The Morgan fingerprint density at radius 1 is 1.47 bits per heavy atom. The fourth-order valence-electron chi connectivity index (χ4n) is 0.981. The van der Waals surface area contributed by atoms with E-state index in [4.69, 9.17) is 16.3 Å². The summed E-state index contributed by atoms with van der Waals surface area (Å²) in [6.45, 7) is 1.94. The van der Waals surface area contributed by atoms with Crippen LogP contribution in [0, 0.1) is 6.92 Å². The topological polar surface area (TPSA) is 29.5 Å². The first-order chi connectivity index (χ1) is 7.00. The highest BCUT2D eigenvalue weighted by Crippen LogP contribution is 2.20. The van der Waals surface area contributed by atoms with Crippen LogP contribution < -0.4 is 4.74 Å². The maximum atomic E-state index is 11.2. The van der Waals surface area contributed by atoms with E-state index in [1.807, 2.05) is 13.0 Å². The average Bonchev–Trinajstić information content (AvgIpc) is 2.19. The summed E-state index contributed by atoms with van der Waals surface area (Å²) in [6, 6.07) is 5.32. The first-order valence-corrected chi connectivity index (χ1v) is 4.97. The van der Waals surface area contributed by atoms with Gasteiger partial charge in [0, 0.05) is 19.1 Å². The van der Waals surface area contributed by atoms with Gasteiger partial charge in [-0.05, 0) is 30.7 Å². The van der Waals surface area contributed by atoms with Gasteiger partial charge in [0.05, 0.1) is 0 Å². The van der Waals surface area contributed by atoms with E-state index in [-0.39, 0.29) is 12.5 Å². The highest BCUT2D eigenvalue weighted by Gasteiger charge is 2.05. The van der Waals surface area contributed by atoms with Gasteiger partial charge in [-0.15, -0.1) is 0 Å². The molecule has 82 valence electrons. The van der Waals surface area contributed by atoms with Gasteiger partial charge >= 0.3 is 0 Å². The van der Waals surface area contributed by atoms with Crippen molar-refractivity contribution in [2.75, 3.05) is 20.7 Å². The Bertz CT molecular complexity index is 364. The van der Waals surface area contributed by atoms with Crippen molar-refractivity contribution < 1.29 is 9.53 Å². The molecule has 0 aliphatic heterocycles. The van der Waals surface area contributed by atoms with Gasteiger partial charge in [0.1, 0.15) is 5.75 Å². The third kappa shape index (κ3) is 3.44. The van der Waals surface area contributed by atoms with E-state index >= 15 is 0 Å². The molecule has 4 heteroatoms. The van der Waals surface area contributed by atoms with Gasteiger partial charge in [-0.3, -0.25) is 4.79 Å². The molecule has 1 aromatic carbocycles. The van der Waals surface area contributed by atoms with Crippen molar-refractivity contribution >= 4 is 17.5 Å². The predicted molar refractivity (Wildman–Crippen MR) is 60.4 cm³/mol. The molecule has 0 spiro atoms. The molecule has 1 amide bonds. The largest absolute Gasteiger partial charge is 0.484 e. The van der Waals surface area contributed by atoms with Crippen molar-refractivity contribution in [2.45, 2.75) is 6.92 Å². The summed E-state index contributed by atoms with van der Waals surface area (Å²) in [5.74, 6) is 0.592. The minimum absolute atomic E-state index is 0.0497. The summed E-state index contributed by atoms with van der Waals surface area (Å²) >= 11 is 5.86. The lowest BCUT2D eigenvalue weighted by molar-refractivity contribution is -0.130. The van der Waals surface area contributed by atoms with E-state index < -0.39 is 0 Å². The molecular formula is C11H14ClNO2. The number of ether oxygens (including phenoxy) is 1. The zero-order valence-corrected chi connectivity index (χ0v) is 9.84. The molecule has 3 nitrogen and oxygen atoms in total. The van der Waals surface area contributed by atoms with Crippen LogP contribution in [0.15, 0.2) is 18.2 Å². The summed E-state index contributed by atoms with van der Waals surface area (Å²) in [5.41, 5.74) is 0.937. The number of hydrogen-bond acceptors (Lipinski definition) is 2. The van der Waals surface area contributed by atoms with Crippen LogP contribution in [0.5, 0.6) is 5.75 Å². The Kier molecular flexibility index (Phi) is 3.97. The van der Waals surface area contributed by atoms with Crippen molar-refractivity contribution in [2.24, 2.45) is 0 Å². The van der Waals surface area contributed by atoms with Crippen LogP contribution in [-0.4, -0.2) is 31.5 Å². The van der Waals surface area contributed by atoms with Crippen LogP contribution >= 0.6 is 11.6 Å². The Morgan fingerprint density at radius 2 is 2.13 bits per heavy atom. The zero-order chi connectivity index (χ0) is 11.4. The smallest absolute Gasteiger partial charge is 0.259 e. The molecule has 0 saturated heterocycles. The minimum Gasteiger partial charge on any atom is -0.484 e. The number of carbonyl (C=O) groups excluding carboxylic acids is 1. The van der Waals surface area contributed by atoms with Gasteiger partial charge in [-0.1, -0.05) is 11.6 Å². The van der Waals surface area contributed by atoms with Crippen LogP contribution in [0.2, 0.25) is 5.02 Å². The Morgan fingerprint density at radius 3 is 2.67 bits per heavy atom. The third-order valence-corrected chi connectivity index (χ3v) is 2.41. The average molecular weight is 228 g/mol. The second-order valence-electron chi connectivity index (χ2n) is 3.49. The number of likely N-dealkylation sites (N-methyl/N-ethyl adjacent to an activating group) is 1. The Hall–Kier alpha value is -1.22. The molecule has 0 atom stereocenters. The van der Waals surface area contributed by atoms with Crippen LogP contribution in [-0.2, 0) is 4.79 Å². The van der Waals surface area contributed by atoms with Gasteiger partial charge in [0.15, 0.2) is 6.61 Å². The monoisotopic (exact) mass is 227 g/mol. The zero-order valence-electron chi connectivity index (χ0n) is 9.08. The van der Waals surface area contributed by atoms with Gasteiger partial charge in [-0.2, -0.15) is 0 Å². The maximum absolute atomic E-state index is 11.2. The van der Waals surface area contributed by atoms with Crippen LogP contribution in [0.3, 0.4) is 0 Å². The van der Waals surface area contributed by atoms with Gasteiger partial charge in [0.2, 0.25) is 0 Å². The van der Waals surface area contributed by atoms with Crippen molar-refractivity contribution in [3.05, 3.63) is 28.8 Å². The SMILES string of the molecule is Cc1cc(OCC(=O)N(C)C)ccc1Cl. The lowest BCUT2D eigenvalue weighted by Gasteiger charge is -2.11. The number of hydrogen-bond donors (Lipinski definition) is 0. The third-order valence-electron chi connectivity index (χ3n) is 1.99. The van der Waals surface area contributed by atoms with E-state index in [1.165, 1.54) is 4.90 Å². The standard InChI is InChI=1S/C11H14ClNO2/c1-8-6-9(4-5-10(8)12)15-7-11(14)13(2)3/h4-6H,7H2,1-3H3. The maximum Gasteiger partial charge on any atom is 0.259 e. The normalized spacial score (nSPS) is 9.87. The summed E-state index contributed by atoms with van der Waals surface area (Å²) < 4.78 is 5.32. The molecule has 0 heterocycles. The van der Waals surface area contributed by atoms with E-state index in [0.29, 0.717) is 10.8 Å². The quantitative estimate of drug-likeness (QED) is 0.792. The van der Waals surface area contributed by atoms with E-state index in [0.717, 1.165) is 5.56 Å². The molecule has 0 N–H and O–H groups in total. The van der Waals surface area contributed by atoms with Gasteiger partial charge < -0.3 is 9.64 Å². The fourth-order valence-corrected chi connectivity index (χ4v) is 1.10. The highest BCUT2D eigenvalue weighted by molar-refractivity contribution is 6.31. The number of rotatable bonds is 3. The molecule has 1 rings (SSSR count). The summed E-state index contributed by atoms with van der Waals surface area (Å²) in [7, 11) is 3.39. The van der Waals surface area contributed by atoms with Gasteiger partial charge in [-0.25, -0.2) is 0 Å². The molecule has 0 aromatic heterocycles. The Balaban J connectivity index is 2.58. The lowest BCUT2D eigenvalue weighted by atomic mass is 10.2. The summed E-state index contributed by atoms with van der Waals surface area (Å²) in [6.07, 6.45) is 0. The number of aryl methyl sites for hydroxylation is 1. The van der Waals surface area contributed by atoms with Crippen LogP contribution in [0.1, 0.15) is 5.56 Å². The summed E-state index contributed by atoms with van der Waals surface area (Å²) in [4.78, 5) is 12.7. The van der Waals surface area contributed by atoms with Crippen molar-refractivity contribution in [1.29, 1.82) is 0 Å². The number of halogens is 1. The van der Waals surface area contributed by atoms with E-state index in [2.05, 4.69) is 0 Å². The molecule has 0 aliphatic carbocycles. The number of amides is 1. The molecule has 0 aliphatic rings. The first kappa shape index (κ1) is 11.9. The highest BCUT2D eigenvalue weighted by atomic mass is 35.5. The first-order valence-electron chi connectivity index (χ1n) is 4.60. The number of carbonyl (C=O) groups is 1. The van der Waals surface area contributed by atoms with Crippen molar-refractivity contribution in [1.82, 2.24) is 4.90 Å². The molecule has 0 unspecified atom stereocenters. The van der Waals surface area contributed by atoms with Crippen molar-refractivity contribution in [3.8, 4) is 5.75 Å². The van der Waals surface area contributed by atoms with E-state index in [9.17, 15) is 4.79 Å². The molecule has 15 heavy (non-hydrogen) atoms. The predicted octanol–water partition coefficient (Wildman–Crippen LogP) is 2.12. The van der Waals surface area contributed by atoms with Crippen LogP contribution in [0.25, 0.3) is 0 Å². The molecule has 0 saturated carbocycles. The van der Waals surface area contributed by atoms with Crippen molar-refractivity contribution in [3.63, 3.8) is 0 Å². The number of benzene rings is 1. The summed E-state index contributed by atoms with van der Waals surface area (Å²) in [5, 5.41) is 0.696. The van der Waals surface area contributed by atoms with Gasteiger partial charge in [0.25, 0.3) is 5.91 Å². The minimum atomic E-state index is -0.0670. The molecular weight excluding hydrogens is 214 g/mol. The number of nitrogens with zero attached hydrogens (tertiary/aromatic N) is 1. The molecule has 1 aromatic rings. The lowest BCUT2D eigenvalue weighted by Crippen LogP contribution is -2.27. The molecule has 0 fully saturated rings. The fraction of sp³-hybridized carbons (Fsp3) is 0.364. The second-order valence-corrected chi connectivity index (χ2v) is 3.90. The second kappa shape index (κ2) is 5.03.